The first-order valence-electron chi connectivity index (χ1n) is 5.64. The van der Waals surface area contributed by atoms with Gasteiger partial charge in [-0.05, 0) is 20.0 Å². The van der Waals surface area contributed by atoms with Crippen molar-refractivity contribution in [3.05, 3.63) is 16.9 Å². The molecule has 0 aliphatic carbocycles. The highest BCUT2D eigenvalue weighted by Gasteiger charge is 2.29. The van der Waals surface area contributed by atoms with Gasteiger partial charge in [0.05, 0.1) is 5.02 Å². The van der Waals surface area contributed by atoms with Crippen molar-refractivity contribution in [3.63, 3.8) is 0 Å². The van der Waals surface area contributed by atoms with E-state index in [1.807, 2.05) is 7.05 Å². The molecule has 0 saturated carbocycles. The second-order valence-electron chi connectivity index (χ2n) is 4.62. The van der Waals surface area contributed by atoms with Crippen molar-refractivity contribution < 1.29 is 4.79 Å². The maximum Gasteiger partial charge on any atom is 0.275 e. The molecule has 1 fully saturated rings. The predicted molar refractivity (Wildman–Crippen MR) is 66.2 cm³/mol. The maximum atomic E-state index is 12.2. The fourth-order valence-electron chi connectivity index (χ4n) is 2.17. The molecule has 94 valence electrons. The Hall–Kier alpha value is -1.07. The summed E-state index contributed by atoms with van der Waals surface area (Å²) in [7, 11) is 5.63. The van der Waals surface area contributed by atoms with Crippen molar-refractivity contribution in [1.29, 1.82) is 0 Å². The summed E-state index contributed by atoms with van der Waals surface area (Å²) in [4.78, 5) is 16.2. The second-order valence-corrected chi connectivity index (χ2v) is 5.03. The number of aryl methyl sites for hydroxylation is 1. The molecule has 0 N–H and O–H groups in total. The van der Waals surface area contributed by atoms with Crippen LogP contribution in [0.1, 0.15) is 16.9 Å². The van der Waals surface area contributed by atoms with Gasteiger partial charge >= 0.3 is 0 Å². The molecule has 0 radical (unpaired) electrons. The highest BCUT2D eigenvalue weighted by Crippen LogP contribution is 2.19. The summed E-state index contributed by atoms with van der Waals surface area (Å²) < 4.78 is 1.56. The summed E-state index contributed by atoms with van der Waals surface area (Å²) in [5, 5.41) is 4.51. The van der Waals surface area contributed by atoms with Crippen molar-refractivity contribution in [1.82, 2.24) is 19.6 Å². The minimum absolute atomic E-state index is 0.101. The van der Waals surface area contributed by atoms with E-state index in [2.05, 4.69) is 17.0 Å². The van der Waals surface area contributed by atoms with Gasteiger partial charge in [-0.3, -0.25) is 9.48 Å². The molecule has 17 heavy (non-hydrogen) atoms. The van der Waals surface area contributed by atoms with Crippen LogP contribution in [-0.4, -0.2) is 58.7 Å². The van der Waals surface area contributed by atoms with E-state index < -0.39 is 0 Å². The van der Waals surface area contributed by atoms with Crippen LogP contribution in [0.4, 0.5) is 0 Å². The minimum atomic E-state index is -0.101. The number of carbonyl (C=O) groups excluding carboxylic acids is 1. The Kier molecular flexibility index (Phi) is 3.40. The molecule has 0 unspecified atom stereocenters. The Morgan fingerprint density at radius 3 is 2.76 bits per heavy atom. The maximum absolute atomic E-state index is 12.2. The summed E-state index contributed by atoms with van der Waals surface area (Å²) in [6, 6.07) is 0.255. The van der Waals surface area contributed by atoms with Gasteiger partial charge in [0, 0.05) is 32.9 Å². The third-order valence-corrected chi connectivity index (χ3v) is 3.50. The summed E-state index contributed by atoms with van der Waals surface area (Å²) in [5.74, 6) is -0.101. The topological polar surface area (TPSA) is 41.4 Å². The van der Waals surface area contributed by atoms with Gasteiger partial charge in [-0.1, -0.05) is 11.6 Å². The zero-order valence-electron chi connectivity index (χ0n) is 10.4. The molecule has 1 atom stereocenters. The Labute approximate surface area is 106 Å². The number of rotatable bonds is 2. The molecule has 0 spiro atoms. The number of likely N-dealkylation sites (tertiary alicyclic amines) is 1. The first-order chi connectivity index (χ1) is 7.99. The second kappa shape index (κ2) is 4.66. The Morgan fingerprint density at radius 1 is 1.59 bits per heavy atom. The number of halogens is 1. The summed E-state index contributed by atoms with van der Waals surface area (Å²) in [5.41, 5.74) is 0.339. The number of aromatic nitrogens is 2. The highest BCUT2D eigenvalue weighted by atomic mass is 35.5. The standard InChI is InChI=1S/C11H17ClN4O/c1-14-5-4-8(6-14)16(3)11(17)10-9(12)7-15(2)13-10/h7-8H,4-6H2,1-3H3/t8-/m0/s1. The van der Waals surface area contributed by atoms with Crippen LogP contribution in [0.25, 0.3) is 0 Å². The van der Waals surface area contributed by atoms with Crippen LogP contribution in [0.3, 0.4) is 0 Å². The van der Waals surface area contributed by atoms with E-state index in [0.29, 0.717) is 10.7 Å². The van der Waals surface area contributed by atoms with E-state index in [4.69, 9.17) is 11.6 Å². The average molecular weight is 257 g/mol. The number of amides is 1. The normalized spacial score (nSPS) is 20.8. The monoisotopic (exact) mass is 256 g/mol. The third-order valence-electron chi connectivity index (χ3n) is 3.22. The van der Waals surface area contributed by atoms with Crippen molar-refractivity contribution in [2.24, 2.45) is 7.05 Å². The van der Waals surface area contributed by atoms with Gasteiger partial charge in [-0.15, -0.1) is 0 Å². The van der Waals surface area contributed by atoms with Crippen LogP contribution in [0, 0.1) is 0 Å². The van der Waals surface area contributed by atoms with E-state index in [1.54, 1.807) is 22.8 Å². The lowest BCUT2D eigenvalue weighted by molar-refractivity contribution is 0.0731. The van der Waals surface area contributed by atoms with Crippen molar-refractivity contribution in [2.75, 3.05) is 27.2 Å². The van der Waals surface area contributed by atoms with Gasteiger partial charge in [-0.25, -0.2) is 0 Å². The van der Waals surface area contributed by atoms with Gasteiger partial charge in [0.15, 0.2) is 5.69 Å². The number of carbonyl (C=O) groups is 1. The highest BCUT2D eigenvalue weighted by molar-refractivity contribution is 6.33. The first kappa shape index (κ1) is 12.4. The van der Waals surface area contributed by atoms with Gasteiger partial charge < -0.3 is 9.80 Å². The lowest BCUT2D eigenvalue weighted by Crippen LogP contribution is -2.38. The Balaban J connectivity index is 2.12. The summed E-state index contributed by atoms with van der Waals surface area (Å²) in [6.45, 7) is 1.94. The lowest BCUT2D eigenvalue weighted by Gasteiger charge is -2.23. The SMILES string of the molecule is CN1CC[C@H](N(C)C(=O)c2nn(C)cc2Cl)C1. The van der Waals surface area contributed by atoms with Crippen LogP contribution >= 0.6 is 11.6 Å². The molecule has 2 heterocycles. The van der Waals surface area contributed by atoms with Gasteiger partial charge in [0.1, 0.15) is 0 Å². The number of likely N-dealkylation sites (N-methyl/N-ethyl adjacent to an activating group) is 2. The number of hydrogen-bond donors (Lipinski definition) is 0. The van der Waals surface area contributed by atoms with Gasteiger partial charge in [0.2, 0.25) is 0 Å². The smallest absolute Gasteiger partial charge is 0.275 e. The molecule has 1 aliphatic heterocycles. The molecular weight excluding hydrogens is 240 g/mol. The molecule has 1 amide bonds. The molecule has 1 saturated heterocycles. The molecule has 2 rings (SSSR count). The average Bonchev–Trinajstić information content (AvgIpc) is 2.83. The van der Waals surface area contributed by atoms with Gasteiger partial charge in [-0.2, -0.15) is 5.10 Å². The van der Waals surface area contributed by atoms with Crippen molar-refractivity contribution >= 4 is 17.5 Å². The van der Waals surface area contributed by atoms with E-state index in [1.165, 1.54) is 0 Å². The van der Waals surface area contributed by atoms with Crippen LogP contribution in [0.2, 0.25) is 5.02 Å². The van der Waals surface area contributed by atoms with Crippen LogP contribution in [0.5, 0.6) is 0 Å². The van der Waals surface area contributed by atoms with E-state index in [-0.39, 0.29) is 11.9 Å². The fraction of sp³-hybridized carbons (Fsp3) is 0.636. The van der Waals surface area contributed by atoms with Crippen LogP contribution in [0.15, 0.2) is 6.20 Å². The molecule has 1 aliphatic rings. The minimum Gasteiger partial charge on any atom is -0.336 e. The number of hydrogen-bond acceptors (Lipinski definition) is 3. The Morgan fingerprint density at radius 2 is 2.29 bits per heavy atom. The molecule has 1 aromatic heterocycles. The summed E-state index contributed by atoms with van der Waals surface area (Å²) >= 11 is 5.98. The predicted octanol–water partition coefficient (Wildman–Crippen LogP) is 0.850. The molecular formula is C11H17ClN4O. The molecule has 6 heteroatoms. The Bertz CT molecular complexity index is 431. The summed E-state index contributed by atoms with van der Waals surface area (Å²) in [6.07, 6.45) is 2.65. The van der Waals surface area contributed by atoms with Gasteiger partial charge in [0.25, 0.3) is 5.91 Å². The molecule has 0 bridgehead atoms. The molecule has 0 aromatic carbocycles. The lowest BCUT2D eigenvalue weighted by atomic mass is 10.2. The number of nitrogens with zero attached hydrogens (tertiary/aromatic N) is 4. The van der Waals surface area contributed by atoms with E-state index in [9.17, 15) is 4.79 Å². The van der Waals surface area contributed by atoms with Crippen LogP contribution in [-0.2, 0) is 7.05 Å². The van der Waals surface area contributed by atoms with Crippen molar-refractivity contribution in [3.8, 4) is 0 Å². The fourth-order valence-corrected chi connectivity index (χ4v) is 2.43. The quantitative estimate of drug-likeness (QED) is 0.788. The van der Waals surface area contributed by atoms with E-state index >= 15 is 0 Å². The first-order valence-corrected chi connectivity index (χ1v) is 6.01. The van der Waals surface area contributed by atoms with E-state index in [0.717, 1.165) is 19.5 Å². The largest absolute Gasteiger partial charge is 0.336 e. The zero-order chi connectivity index (χ0) is 12.6. The van der Waals surface area contributed by atoms with Crippen LogP contribution < -0.4 is 0 Å². The molecule has 5 nitrogen and oxygen atoms in total. The third kappa shape index (κ3) is 2.45. The van der Waals surface area contributed by atoms with Crippen molar-refractivity contribution in [2.45, 2.75) is 12.5 Å². The molecule has 1 aromatic rings. The zero-order valence-corrected chi connectivity index (χ0v) is 11.1.